The van der Waals surface area contributed by atoms with Crippen molar-refractivity contribution in [3.8, 4) is 0 Å². The molecule has 0 spiro atoms. The van der Waals surface area contributed by atoms with Crippen molar-refractivity contribution in [3.63, 3.8) is 0 Å². The summed E-state index contributed by atoms with van der Waals surface area (Å²) in [6.45, 7) is 7.32. The molecule has 0 bridgehead atoms. The van der Waals surface area contributed by atoms with Gasteiger partial charge < -0.3 is 9.84 Å². The van der Waals surface area contributed by atoms with Gasteiger partial charge in [0.25, 0.3) is 0 Å². The molecule has 0 saturated carbocycles. The van der Waals surface area contributed by atoms with Crippen molar-refractivity contribution in [2.24, 2.45) is 5.92 Å². The zero-order valence-electron chi connectivity index (χ0n) is 9.95. The number of carboxylic acid groups (broad SMARTS) is 1. The van der Waals surface area contributed by atoms with E-state index in [1.807, 2.05) is 6.92 Å². The second-order valence-electron chi connectivity index (χ2n) is 4.00. The molecular weight excluding hydrogens is 192 g/mol. The first kappa shape index (κ1) is 14.2. The van der Waals surface area contributed by atoms with Crippen molar-refractivity contribution < 1.29 is 14.6 Å². The van der Waals surface area contributed by atoms with Crippen LogP contribution in [0.3, 0.4) is 0 Å². The summed E-state index contributed by atoms with van der Waals surface area (Å²) in [6.07, 6.45) is 4.39. The Hall–Kier alpha value is -0.830. The zero-order chi connectivity index (χ0) is 11.7. The van der Waals surface area contributed by atoms with Gasteiger partial charge in [0.05, 0.1) is 6.61 Å². The maximum atomic E-state index is 10.6. The highest BCUT2D eigenvalue weighted by molar-refractivity contribution is 5.86. The average Bonchev–Trinajstić information content (AvgIpc) is 2.15. The molecule has 3 heteroatoms. The largest absolute Gasteiger partial charge is 0.478 e. The van der Waals surface area contributed by atoms with E-state index in [-0.39, 0.29) is 0 Å². The molecule has 0 saturated heterocycles. The van der Waals surface area contributed by atoms with Crippen LogP contribution in [0.4, 0.5) is 0 Å². The molecule has 0 unspecified atom stereocenters. The quantitative estimate of drug-likeness (QED) is 0.499. The Bertz CT molecular complexity index is 207. The van der Waals surface area contributed by atoms with Crippen LogP contribution in [0.25, 0.3) is 0 Å². The number of aliphatic carboxylic acids is 1. The Morgan fingerprint density at radius 2 is 2.13 bits per heavy atom. The predicted molar refractivity (Wildman–Crippen MR) is 60.9 cm³/mol. The molecule has 88 valence electrons. The molecule has 0 radical (unpaired) electrons. The molecule has 0 aliphatic rings. The van der Waals surface area contributed by atoms with Gasteiger partial charge in [0.1, 0.15) is 0 Å². The van der Waals surface area contributed by atoms with Crippen LogP contribution in [0.15, 0.2) is 11.6 Å². The van der Waals surface area contributed by atoms with Crippen molar-refractivity contribution in [3.05, 3.63) is 11.6 Å². The van der Waals surface area contributed by atoms with Crippen LogP contribution in [0.2, 0.25) is 0 Å². The fourth-order valence-electron chi connectivity index (χ4n) is 1.22. The van der Waals surface area contributed by atoms with E-state index in [9.17, 15) is 4.79 Å². The lowest BCUT2D eigenvalue weighted by atomic mass is 10.1. The van der Waals surface area contributed by atoms with Gasteiger partial charge in [-0.3, -0.25) is 0 Å². The van der Waals surface area contributed by atoms with Crippen LogP contribution < -0.4 is 0 Å². The van der Waals surface area contributed by atoms with Crippen LogP contribution in [0, 0.1) is 5.92 Å². The van der Waals surface area contributed by atoms with Crippen molar-refractivity contribution in [1.82, 2.24) is 0 Å². The molecule has 15 heavy (non-hydrogen) atoms. The van der Waals surface area contributed by atoms with E-state index in [0.29, 0.717) is 31.1 Å². The number of hydrogen-bond donors (Lipinski definition) is 1. The Balaban J connectivity index is 3.55. The van der Waals surface area contributed by atoms with Crippen molar-refractivity contribution in [1.29, 1.82) is 0 Å². The molecule has 0 aromatic rings. The third-order valence-electron chi connectivity index (χ3n) is 2.17. The van der Waals surface area contributed by atoms with Gasteiger partial charge >= 0.3 is 5.97 Å². The first-order valence-corrected chi connectivity index (χ1v) is 5.58. The number of ether oxygens (including phenoxy) is 1. The van der Waals surface area contributed by atoms with Gasteiger partial charge in [-0.25, -0.2) is 4.79 Å². The van der Waals surface area contributed by atoms with Gasteiger partial charge in [0.15, 0.2) is 0 Å². The minimum absolute atomic E-state index is 0.410. The molecule has 0 aliphatic carbocycles. The monoisotopic (exact) mass is 214 g/mol. The third-order valence-corrected chi connectivity index (χ3v) is 2.17. The molecule has 0 heterocycles. The highest BCUT2D eigenvalue weighted by Crippen LogP contribution is 2.04. The van der Waals surface area contributed by atoms with Crippen LogP contribution in [-0.2, 0) is 9.53 Å². The van der Waals surface area contributed by atoms with E-state index in [4.69, 9.17) is 9.84 Å². The highest BCUT2D eigenvalue weighted by Gasteiger charge is 2.02. The molecule has 0 aromatic heterocycles. The Kier molecular flexibility index (Phi) is 8.01. The van der Waals surface area contributed by atoms with Crippen LogP contribution in [-0.4, -0.2) is 24.3 Å². The van der Waals surface area contributed by atoms with Gasteiger partial charge in [-0.2, -0.15) is 0 Å². The fraction of sp³-hybridized carbons (Fsp3) is 0.750. The average molecular weight is 214 g/mol. The number of rotatable bonds is 8. The van der Waals surface area contributed by atoms with Crippen molar-refractivity contribution >= 4 is 5.97 Å². The lowest BCUT2D eigenvalue weighted by Crippen LogP contribution is -2.02. The van der Waals surface area contributed by atoms with Crippen LogP contribution >= 0.6 is 0 Å². The van der Waals surface area contributed by atoms with E-state index < -0.39 is 5.97 Å². The SMILES string of the molecule is CCC(=CCOCCCC(C)C)C(=O)O. The number of hydrogen-bond acceptors (Lipinski definition) is 2. The lowest BCUT2D eigenvalue weighted by Gasteiger charge is -2.04. The first-order chi connectivity index (χ1) is 7.07. The predicted octanol–water partition coefficient (Wildman–Crippen LogP) is 2.86. The van der Waals surface area contributed by atoms with E-state index in [2.05, 4.69) is 13.8 Å². The number of carbonyl (C=O) groups is 1. The minimum Gasteiger partial charge on any atom is -0.478 e. The van der Waals surface area contributed by atoms with Gasteiger partial charge in [-0.05, 0) is 31.3 Å². The maximum absolute atomic E-state index is 10.6. The normalized spacial score (nSPS) is 12.1. The summed E-state index contributed by atoms with van der Waals surface area (Å²) in [5, 5.41) is 8.72. The van der Waals surface area contributed by atoms with Crippen LogP contribution in [0.1, 0.15) is 40.0 Å². The van der Waals surface area contributed by atoms with E-state index in [1.165, 1.54) is 0 Å². The van der Waals surface area contributed by atoms with Gasteiger partial charge in [-0.1, -0.05) is 20.8 Å². The van der Waals surface area contributed by atoms with E-state index >= 15 is 0 Å². The first-order valence-electron chi connectivity index (χ1n) is 5.58. The standard InChI is InChI=1S/C12H22O3/c1-4-11(12(13)14)7-9-15-8-5-6-10(2)3/h7,10H,4-6,8-9H2,1-3H3,(H,13,14). The number of carboxylic acids is 1. The fourth-order valence-corrected chi connectivity index (χ4v) is 1.22. The second-order valence-corrected chi connectivity index (χ2v) is 4.00. The summed E-state index contributed by atoms with van der Waals surface area (Å²) in [5.41, 5.74) is 0.429. The Morgan fingerprint density at radius 1 is 1.47 bits per heavy atom. The van der Waals surface area contributed by atoms with Crippen molar-refractivity contribution in [2.75, 3.05) is 13.2 Å². The smallest absolute Gasteiger partial charge is 0.331 e. The highest BCUT2D eigenvalue weighted by atomic mass is 16.5. The lowest BCUT2D eigenvalue weighted by molar-refractivity contribution is -0.132. The summed E-state index contributed by atoms with van der Waals surface area (Å²) in [5.74, 6) is -0.141. The van der Waals surface area contributed by atoms with E-state index in [0.717, 1.165) is 12.8 Å². The van der Waals surface area contributed by atoms with E-state index in [1.54, 1.807) is 6.08 Å². The van der Waals surface area contributed by atoms with Crippen LogP contribution in [0.5, 0.6) is 0 Å². The van der Waals surface area contributed by atoms with Crippen molar-refractivity contribution in [2.45, 2.75) is 40.0 Å². The summed E-state index contributed by atoms with van der Waals surface area (Å²) in [6, 6.07) is 0. The van der Waals surface area contributed by atoms with Gasteiger partial charge in [0.2, 0.25) is 0 Å². The van der Waals surface area contributed by atoms with Gasteiger partial charge in [-0.15, -0.1) is 0 Å². The maximum Gasteiger partial charge on any atom is 0.331 e. The Morgan fingerprint density at radius 3 is 2.60 bits per heavy atom. The summed E-state index contributed by atoms with van der Waals surface area (Å²) >= 11 is 0. The molecular formula is C12H22O3. The molecule has 0 amide bonds. The molecule has 0 rings (SSSR count). The molecule has 0 atom stereocenters. The zero-order valence-corrected chi connectivity index (χ0v) is 9.95. The topological polar surface area (TPSA) is 46.5 Å². The molecule has 3 nitrogen and oxygen atoms in total. The molecule has 1 N–H and O–H groups in total. The molecule has 0 fully saturated rings. The molecule has 0 aliphatic heterocycles. The summed E-state index contributed by atoms with van der Waals surface area (Å²) in [7, 11) is 0. The second kappa shape index (κ2) is 8.48. The Labute approximate surface area is 92.1 Å². The van der Waals surface area contributed by atoms with Gasteiger partial charge in [0, 0.05) is 12.2 Å². The molecule has 0 aromatic carbocycles. The third kappa shape index (κ3) is 8.18. The summed E-state index contributed by atoms with van der Waals surface area (Å²) < 4.78 is 5.33. The summed E-state index contributed by atoms with van der Waals surface area (Å²) in [4.78, 5) is 10.6. The minimum atomic E-state index is -0.844.